The first kappa shape index (κ1) is 46.6. The van der Waals surface area contributed by atoms with E-state index >= 15 is 0 Å². The van der Waals surface area contributed by atoms with Crippen LogP contribution < -0.4 is 25.2 Å². The number of piperidine rings is 2. The monoisotopic (exact) mass is 906 g/mol. The lowest BCUT2D eigenvalue weighted by atomic mass is 9.79. The van der Waals surface area contributed by atoms with Crippen molar-refractivity contribution >= 4 is 44.9 Å². The number of halogens is 1. The second kappa shape index (κ2) is 18.4. The summed E-state index contributed by atoms with van der Waals surface area (Å²) in [4.78, 5) is 13.2. The van der Waals surface area contributed by atoms with Gasteiger partial charge in [-0.15, -0.1) is 20.4 Å². The van der Waals surface area contributed by atoms with E-state index in [1.54, 1.807) is 12.3 Å². The number of hydrogen-bond donors (Lipinski definition) is 3. The van der Waals surface area contributed by atoms with Crippen molar-refractivity contribution in [3.05, 3.63) is 120 Å². The molecule has 0 unspecified atom stereocenters. The molecule has 0 bridgehead atoms. The number of anilines is 2. The minimum atomic E-state index is 0.0558. The minimum Gasteiger partial charge on any atom is -0.507 e. The second-order valence-electron chi connectivity index (χ2n) is 20.8. The van der Waals surface area contributed by atoms with E-state index in [-0.39, 0.29) is 27.9 Å². The van der Waals surface area contributed by atoms with E-state index in [1.807, 2.05) is 66.9 Å². The molecule has 66 heavy (non-hydrogen) atoms. The van der Waals surface area contributed by atoms with Crippen molar-refractivity contribution in [1.82, 2.24) is 41.0 Å². The van der Waals surface area contributed by atoms with Crippen molar-refractivity contribution in [2.45, 2.75) is 122 Å². The van der Waals surface area contributed by atoms with Gasteiger partial charge in [0, 0.05) is 94.8 Å². The van der Waals surface area contributed by atoms with Crippen LogP contribution in [0.3, 0.4) is 0 Å². The zero-order valence-electron chi connectivity index (χ0n) is 39.9. The van der Waals surface area contributed by atoms with Gasteiger partial charge in [0.15, 0.2) is 11.6 Å². The number of aromatic hydroxyl groups is 1. The van der Waals surface area contributed by atoms with Crippen LogP contribution in [0.1, 0.15) is 86.6 Å². The Morgan fingerprint density at radius 2 is 1.18 bits per heavy atom. The first-order valence-corrected chi connectivity index (χ1v) is 23.2. The molecule has 13 heteroatoms. The van der Waals surface area contributed by atoms with Crippen LogP contribution in [-0.4, -0.2) is 83.8 Å². The molecule has 2 aliphatic heterocycles. The van der Waals surface area contributed by atoms with Crippen LogP contribution in [0.5, 0.6) is 11.6 Å². The molecular formula is C53H63ClN10O2. The van der Waals surface area contributed by atoms with Gasteiger partial charge in [-0.2, -0.15) is 0 Å². The van der Waals surface area contributed by atoms with Gasteiger partial charge in [0.2, 0.25) is 5.88 Å². The van der Waals surface area contributed by atoms with Crippen LogP contribution in [0.25, 0.3) is 44.2 Å². The Morgan fingerprint density at radius 1 is 0.606 bits per heavy atom. The van der Waals surface area contributed by atoms with Crippen LogP contribution in [0.15, 0.2) is 109 Å². The van der Waals surface area contributed by atoms with Gasteiger partial charge in [-0.05, 0) is 134 Å². The lowest BCUT2D eigenvalue weighted by Crippen LogP contribution is -2.62. The Hall–Kier alpha value is -5.95. The van der Waals surface area contributed by atoms with Crippen molar-refractivity contribution in [3.63, 3.8) is 0 Å². The van der Waals surface area contributed by atoms with E-state index in [9.17, 15) is 5.11 Å². The van der Waals surface area contributed by atoms with Crippen molar-refractivity contribution in [2.75, 3.05) is 23.9 Å². The molecule has 9 rings (SSSR count). The highest BCUT2D eigenvalue weighted by Crippen LogP contribution is 2.36. The molecule has 4 aromatic heterocycles. The number of pyridine rings is 2. The van der Waals surface area contributed by atoms with E-state index in [4.69, 9.17) is 16.3 Å². The highest BCUT2D eigenvalue weighted by Gasteiger charge is 2.41. The molecular weight excluding hydrogens is 844 g/mol. The van der Waals surface area contributed by atoms with Gasteiger partial charge in [-0.1, -0.05) is 54.1 Å². The Morgan fingerprint density at radius 3 is 1.74 bits per heavy atom. The van der Waals surface area contributed by atoms with Crippen LogP contribution >= 0.6 is 11.6 Å². The molecule has 3 aromatic carbocycles. The molecule has 3 N–H and O–H groups in total. The smallest absolute Gasteiger partial charge is 0.214 e. The highest BCUT2D eigenvalue weighted by atomic mass is 35.5. The number of fused-ring (bicyclic) bond motifs is 2. The number of hydrogen-bond acceptors (Lipinski definition) is 12. The first-order valence-electron chi connectivity index (χ1n) is 22.8. The maximum atomic E-state index is 10.5. The maximum absolute atomic E-state index is 10.5. The van der Waals surface area contributed by atoms with Crippen LogP contribution in [0, 0.1) is 0 Å². The van der Waals surface area contributed by atoms with E-state index in [0.29, 0.717) is 46.4 Å². The number of aromatic nitrogens is 6. The van der Waals surface area contributed by atoms with Crippen molar-refractivity contribution in [2.24, 2.45) is 0 Å². The normalized spacial score (nSPS) is 17.7. The summed E-state index contributed by atoms with van der Waals surface area (Å²) in [5.41, 5.74) is 5.16. The van der Waals surface area contributed by atoms with Gasteiger partial charge in [0.25, 0.3) is 0 Å². The number of phenolic OH excluding ortho intramolecular Hbond substituents is 1. The van der Waals surface area contributed by atoms with E-state index in [0.717, 1.165) is 70.3 Å². The number of rotatable bonds is 9. The predicted molar refractivity (Wildman–Crippen MR) is 268 cm³/mol. The Labute approximate surface area is 394 Å². The molecule has 344 valence electrons. The third-order valence-corrected chi connectivity index (χ3v) is 12.9. The molecule has 12 nitrogen and oxygen atoms in total. The van der Waals surface area contributed by atoms with Crippen LogP contribution in [-0.2, 0) is 6.61 Å². The summed E-state index contributed by atoms with van der Waals surface area (Å²) >= 11 is 6.06. The molecule has 0 spiro atoms. The highest BCUT2D eigenvalue weighted by molar-refractivity contribution is 6.31. The summed E-state index contributed by atoms with van der Waals surface area (Å²) in [6, 6.07) is 32.4. The summed E-state index contributed by atoms with van der Waals surface area (Å²) < 4.78 is 5.93. The molecule has 0 saturated carbocycles. The molecule has 0 radical (unpaired) electrons. The van der Waals surface area contributed by atoms with Crippen LogP contribution in [0.2, 0.25) is 5.02 Å². The van der Waals surface area contributed by atoms with E-state index < -0.39 is 0 Å². The van der Waals surface area contributed by atoms with Gasteiger partial charge in [0.1, 0.15) is 12.4 Å². The zero-order chi connectivity index (χ0) is 47.0. The molecule has 2 aliphatic rings. The summed E-state index contributed by atoms with van der Waals surface area (Å²) in [5.74, 6) is 2.45. The fourth-order valence-electron chi connectivity index (χ4n) is 10.2. The average molecular weight is 908 g/mol. The lowest BCUT2D eigenvalue weighted by Gasteiger charge is -2.49. The van der Waals surface area contributed by atoms with Gasteiger partial charge in [0.05, 0.1) is 21.9 Å². The molecule has 6 heterocycles. The fourth-order valence-corrected chi connectivity index (χ4v) is 10.4. The Bertz CT molecular complexity index is 2770. The minimum absolute atomic E-state index is 0.0558. The molecule has 0 amide bonds. The number of nitrogens with one attached hydrogen (secondary N) is 2. The first-order chi connectivity index (χ1) is 31.2. The zero-order valence-corrected chi connectivity index (χ0v) is 40.6. The Kier molecular flexibility index (Phi) is 13.0. The maximum Gasteiger partial charge on any atom is 0.214 e. The van der Waals surface area contributed by atoms with Gasteiger partial charge in [-0.25, -0.2) is 4.98 Å². The van der Waals surface area contributed by atoms with Gasteiger partial charge in [-0.3, -0.25) is 4.98 Å². The van der Waals surface area contributed by atoms with Crippen molar-refractivity contribution in [1.29, 1.82) is 0 Å². The standard InChI is InChI=1S/C30H35N5O.C23H28ClN5O/c1-29(2)17-25(18-30(3,4)34-29)35(5)27-14-13-26(32-33-27)22-11-12-23-19-31-28(16-24(23)15-22)36-20-21-9-7-6-8-10-21;1-22(2)11-16(12-23(3,4)28-22)29(5)21-7-6-18(26-27-21)17-9-14-8-15(24)13-25-19(14)10-20(17)30/h6-16,19,25,34H,17-18,20H2,1-5H3;6-10,13,16,28,30H,11-12H2,1-5H3. The number of phenols is 1. The third-order valence-electron chi connectivity index (χ3n) is 12.7. The quantitative estimate of drug-likeness (QED) is 0.127. The molecule has 2 fully saturated rings. The summed E-state index contributed by atoms with van der Waals surface area (Å²) in [5, 5.41) is 39.5. The third kappa shape index (κ3) is 11.2. The molecule has 7 aromatic rings. The SMILES string of the molecule is CN(c1ccc(-c2cc3cc(Cl)cnc3cc2O)nn1)C1CC(C)(C)NC(C)(C)C1.CN(c1ccc(-c2ccc3cnc(OCc4ccccc4)cc3c2)nn1)C1CC(C)(C)NC(C)(C)C1. The topological polar surface area (TPSA) is 137 Å². The number of benzene rings is 3. The molecule has 0 aliphatic carbocycles. The van der Waals surface area contributed by atoms with Crippen molar-refractivity contribution < 1.29 is 9.84 Å². The van der Waals surface area contributed by atoms with E-state index in [1.165, 1.54) is 0 Å². The molecule has 0 atom stereocenters. The summed E-state index contributed by atoms with van der Waals surface area (Å²) in [7, 11) is 4.21. The fraction of sp³-hybridized carbons (Fsp3) is 0.396. The van der Waals surface area contributed by atoms with Gasteiger partial charge >= 0.3 is 0 Å². The van der Waals surface area contributed by atoms with Gasteiger partial charge < -0.3 is 30.3 Å². The predicted octanol–water partition coefficient (Wildman–Crippen LogP) is 10.8. The average Bonchev–Trinajstić information content (AvgIpc) is 3.26. The van der Waals surface area contributed by atoms with Crippen molar-refractivity contribution in [3.8, 4) is 34.1 Å². The Balaban J connectivity index is 0.000000182. The van der Waals surface area contributed by atoms with E-state index in [2.05, 4.69) is 151 Å². The summed E-state index contributed by atoms with van der Waals surface area (Å²) in [6.45, 7) is 18.6. The second-order valence-corrected chi connectivity index (χ2v) is 21.2. The largest absolute Gasteiger partial charge is 0.507 e. The van der Waals surface area contributed by atoms with Crippen LogP contribution in [0.4, 0.5) is 11.6 Å². The number of ether oxygens (including phenoxy) is 1. The lowest BCUT2D eigenvalue weighted by molar-refractivity contribution is 0.160. The summed E-state index contributed by atoms with van der Waals surface area (Å²) in [6.07, 6.45) is 7.58. The number of nitrogens with zero attached hydrogens (tertiary/aromatic N) is 8. The molecule has 2 saturated heterocycles.